The maximum atomic E-state index is 12.0. The second-order valence-electron chi connectivity index (χ2n) is 6.41. The van der Waals surface area contributed by atoms with E-state index in [4.69, 9.17) is 0 Å². The van der Waals surface area contributed by atoms with E-state index in [1.807, 2.05) is 4.90 Å². The SMILES string of the molecule is C=CCNC(=O)[C@H](C)[NH+]1CCC([NH+]2CCCCC2)CC1. The molecule has 0 aromatic carbocycles. The molecule has 2 fully saturated rings. The van der Waals surface area contributed by atoms with Crippen LogP contribution in [0.4, 0.5) is 0 Å². The number of rotatable bonds is 5. The van der Waals surface area contributed by atoms with Crippen molar-refractivity contribution in [2.24, 2.45) is 0 Å². The number of carbonyl (C=O) groups is 1. The molecule has 0 aromatic heterocycles. The van der Waals surface area contributed by atoms with E-state index in [1.165, 1.54) is 50.1 Å². The van der Waals surface area contributed by atoms with E-state index in [-0.39, 0.29) is 11.9 Å². The van der Waals surface area contributed by atoms with Crippen LogP contribution in [0.15, 0.2) is 12.7 Å². The molecule has 1 atom stereocenters. The summed E-state index contributed by atoms with van der Waals surface area (Å²) < 4.78 is 0. The Morgan fingerprint density at radius 1 is 1.25 bits per heavy atom. The van der Waals surface area contributed by atoms with Gasteiger partial charge in [-0.1, -0.05) is 6.08 Å². The number of nitrogens with one attached hydrogen (secondary N) is 3. The molecule has 20 heavy (non-hydrogen) atoms. The zero-order valence-corrected chi connectivity index (χ0v) is 12.9. The minimum atomic E-state index is 0.0762. The van der Waals surface area contributed by atoms with Crippen molar-refractivity contribution >= 4 is 5.91 Å². The lowest BCUT2D eigenvalue weighted by atomic mass is 9.99. The van der Waals surface area contributed by atoms with Crippen LogP contribution in [0, 0.1) is 0 Å². The maximum Gasteiger partial charge on any atom is 0.278 e. The van der Waals surface area contributed by atoms with Crippen LogP contribution in [0.1, 0.15) is 39.0 Å². The largest absolute Gasteiger partial charge is 0.347 e. The zero-order chi connectivity index (χ0) is 14.4. The molecule has 0 unspecified atom stereocenters. The molecule has 2 saturated heterocycles. The highest BCUT2D eigenvalue weighted by Crippen LogP contribution is 2.01. The molecule has 3 N–H and O–H groups in total. The van der Waals surface area contributed by atoms with Gasteiger partial charge >= 0.3 is 0 Å². The minimum Gasteiger partial charge on any atom is -0.347 e. The van der Waals surface area contributed by atoms with Crippen molar-refractivity contribution in [2.45, 2.75) is 51.1 Å². The summed E-state index contributed by atoms with van der Waals surface area (Å²) in [7, 11) is 0. The quantitative estimate of drug-likeness (QED) is 0.544. The number of quaternary nitrogens is 2. The Kier molecular flexibility index (Phi) is 6.05. The third kappa shape index (κ3) is 4.06. The molecule has 0 saturated carbocycles. The van der Waals surface area contributed by atoms with Crippen molar-refractivity contribution in [3.05, 3.63) is 12.7 Å². The van der Waals surface area contributed by atoms with E-state index < -0.39 is 0 Å². The highest BCUT2D eigenvalue weighted by atomic mass is 16.2. The topological polar surface area (TPSA) is 38.0 Å². The summed E-state index contributed by atoms with van der Waals surface area (Å²) in [5, 5.41) is 2.92. The predicted molar refractivity (Wildman–Crippen MR) is 80.9 cm³/mol. The van der Waals surface area contributed by atoms with E-state index >= 15 is 0 Å². The third-order valence-corrected chi connectivity index (χ3v) is 5.13. The second-order valence-corrected chi connectivity index (χ2v) is 6.41. The highest BCUT2D eigenvalue weighted by Gasteiger charge is 2.34. The van der Waals surface area contributed by atoms with Gasteiger partial charge in [-0.15, -0.1) is 6.58 Å². The summed E-state index contributed by atoms with van der Waals surface area (Å²) in [5.41, 5.74) is 0. The lowest BCUT2D eigenvalue weighted by Gasteiger charge is -2.37. The van der Waals surface area contributed by atoms with Crippen LogP contribution in [-0.2, 0) is 4.79 Å². The van der Waals surface area contributed by atoms with Gasteiger partial charge in [-0.2, -0.15) is 0 Å². The Hall–Kier alpha value is -0.870. The van der Waals surface area contributed by atoms with Crippen LogP contribution >= 0.6 is 0 Å². The average Bonchev–Trinajstić information content (AvgIpc) is 2.53. The van der Waals surface area contributed by atoms with Gasteiger partial charge in [0.05, 0.1) is 32.2 Å². The molecule has 1 amide bonds. The molecule has 2 aliphatic heterocycles. The van der Waals surface area contributed by atoms with Crippen LogP contribution < -0.4 is 15.1 Å². The van der Waals surface area contributed by atoms with E-state index in [9.17, 15) is 4.79 Å². The Labute approximate surface area is 123 Å². The lowest BCUT2D eigenvalue weighted by Crippen LogP contribution is -3.22. The summed E-state index contributed by atoms with van der Waals surface area (Å²) in [6.07, 6.45) is 8.54. The molecular weight excluding hydrogens is 250 g/mol. The highest BCUT2D eigenvalue weighted by molar-refractivity contribution is 5.80. The molecule has 2 rings (SSSR count). The van der Waals surface area contributed by atoms with Gasteiger partial charge in [0.1, 0.15) is 0 Å². The molecule has 2 heterocycles. The van der Waals surface area contributed by atoms with Crippen molar-refractivity contribution in [2.75, 3.05) is 32.7 Å². The van der Waals surface area contributed by atoms with Crippen molar-refractivity contribution in [3.63, 3.8) is 0 Å². The van der Waals surface area contributed by atoms with Crippen LogP contribution in [-0.4, -0.2) is 50.7 Å². The maximum absolute atomic E-state index is 12.0. The van der Waals surface area contributed by atoms with Crippen LogP contribution in [0.2, 0.25) is 0 Å². The molecule has 0 radical (unpaired) electrons. The molecule has 0 aliphatic carbocycles. The fourth-order valence-corrected chi connectivity index (χ4v) is 3.76. The minimum absolute atomic E-state index is 0.0762. The van der Waals surface area contributed by atoms with E-state index in [2.05, 4.69) is 18.8 Å². The van der Waals surface area contributed by atoms with E-state index in [0.29, 0.717) is 6.54 Å². The first kappa shape index (κ1) is 15.5. The summed E-state index contributed by atoms with van der Waals surface area (Å²) in [6.45, 7) is 11.3. The van der Waals surface area contributed by atoms with Gasteiger partial charge in [0, 0.05) is 19.4 Å². The second kappa shape index (κ2) is 7.79. The molecule has 0 aromatic rings. The lowest BCUT2D eigenvalue weighted by molar-refractivity contribution is -0.965. The normalized spacial score (nSPS) is 29.6. The summed E-state index contributed by atoms with van der Waals surface area (Å²) >= 11 is 0. The van der Waals surface area contributed by atoms with Crippen molar-refractivity contribution in [1.82, 2.24) is 5.32 Å². The fraction of sp³-hybridized carbons (Fsp3) is 0.812. The molecular formula is C16H31N3O+2. The predicted octanol–water partition coefficient (Wildman–Crippen LogP) is -1.21. The Balaban J connectivity index is 1.75. The van der Waals surface area contributed by atoms with Gasteiger partial charge in [-0.3, -0.25) is 4.79 Å². The van der Waals surface area contributed by atoms with Gasteiger partial charge in [0.2, 0.25) is 0 Å². The van der Waals surface area contributed by atoms with Gasteiger partial charge in [-0.05, 0) is 26.2 Å². The fourth-order valence-electron chi connectivity index (χ4n) is 3.76. The Bertz CT molecular complexity index is 318. The molecule has 4 heteroatoms. The van der Waals surface area contributed by atoms with Crippen LogP contribution in [0.3, 0.4) is 0 Å². The smallest absolute Gasteiger partial charge is 0.278 e. The number of hydrogen-bond acceptors (Lipinski definition) is 1. The zero-order valence-electron chi connectivity index (χ0n) is 12.9. The third-order valence-electron chi connectivity index (χ3n) is 5.13. The van der Waals surface area contributed by atoms with Crippen molar-refractivity contribution in [1.29, 1.82) is 0 Å². The van der Waals surface area contributed by atoms with Gasteiger partial charge in [-0.25, -0.2) is 0 Å². The molecule has 114 valence electrons. The van der Waals surface area contributed by atoms with Gasteiger partial charge < -0.3 is 15.1 Å². The first-order chi connectivity index (χ1) is 9.72. The molecule has 2 aliphatic rings. The average molecular weight is 281 g/mol. The molecule has 0 bridgehead atoms. The Morgan fingerprint density at radius 3 is 2.50 bits per heavy atom. The van der Waals surface area contributed by atoms with Crippen LogP contribution in [0.5, 0.6) is 0 Å². The summed E-state index contributed by atoms with van der Waals surface area (Å²) in [6, 6.07) is 0.926. The van der Waals surface area contributed by atoms with Crippen molar-refractivity contribution in [3.8, 4) is 0 Å². The van der Waals surface area contributed by atoms with Crippen molar-refractivity contribution < 1.29 is 14.6 Å². The molecule has 0 spiro atoms. The number of amides is 1. The number of carbonyl (C=O) groups excluding carboxylic acids is 1. The number of piperidine rings is 2. The first-order valence-electron chi connectivity index (χ1n) is 8.30. The van der Waals surface area contributed by atoms with E-state index in [1.54, 1.807) is 6.08 Å². The Morgan fingerprint density at radius 2 is 1.90 bits per heavy atom. The monoisotopic (exact) mass is 281 g/mol. The number of hydrogen-bond donors (Lipinski definition) is 3. The first-order valence-corrected chi connectivity index (χ1v) is 8.30. The summed E-state index contributed by atoms with van der Waals surface area (Å²) in [5.74, 6) is 0.170. The van der Waals surface area contributed by atoms with Crippen LogP contribution in [0.25, 0.3) is 0 Å². The van der Waals surface area contributed by atoms with E-state index in [0.717, 1.165) is 19.1 Å². The summed E-state index contributed by atoms with van der Waals surface area (Å²) in [4.78, 5) is 15.3. The van der Waals surface area contributed by atoms with Gasteiger partial charge in [0.25, 0.3) is 5.91 Å². The number of likely N-dealkylation sites (tertiary alicyclic amines) is 2. The standard InChI is InChI=1S/C16H29N3O/c1-3-9-17-16(20)14(2)18-12-7-15(8-13-18)19-10-5-4-6-11-19/h3,14-15H,1,4-13H2,2H3,(H,17,20)/p+2/t14-/m0/s1. The molecule has 4 nitrogen and oxygen atoms in total. The van der Waals surface area contributed by atoms with Gasteiger partial charge in [0.15, 0.2) is 6.04 Å².